The second-order valence-electron chi connectivity index (χ2n) is 7.28. The van der Waals surface area contributed by atoms with E-state index >= 15 is 0 Å². The summed E-state index contributed by atoms with van der Waals surface area (Å²) in [6.07, 6.45) is 3.27. The Bertz CT molecular complexity index is 966. The molecule has 3 aromatic rings. The van der Waals surface area contributed by atoms with Crippen LogP contribution < -0.4 is 14.2 Å². The number of rotatable bonds is 6. The van der Waals surface area contributed by atoms with Crippen LogP contribution >= 0.6 is 0 Å². The van der Waals surface area contributed by atoms with Crippen molar-refractivity contribution in [1.82, 2.24) is 9.47 Å². The Kier molecular flexibility index (Phi) is 5.76. The van der Waals surface area contributed by atoms with E-state index in [0.717, 1.165) is 43.3 Å². The molecule has 2 aromatic carbocycles. The van der Waals surface area contributed by atoms with Crippen LogP contribution in [0.2, 0.25) is 0 Å². The largest absolute Gasteiger partial charge is 0.496 e. The maximum atomic E-state index is 5.61. The van der Waals surface area contributed by atoms with E-state index in [1.165, 1.54) is 16.8 Å². The predicted octanol–water partition coefficient (Wildman–Crippen LogP) is 4.51. The van der Waals surface area contributed by atoms with Gasteiger partial charge in [-0.2, -0.15) is 0 Å². The molecule has 1 unspecified atom stereocenters. The third-order valence-corrected chi connectivity index (χ3v) is 5.64. The molecule has 1 aromatic heterocycles. The van der Waals surface area contributed by atoms with Gasteiger partial charge < -0.3 is 18.8 Å². The van der Waals surface area contributed by atoms with Crippen molar-refractivity contribution in [3.8, 4) is 17.2 Å². The lowest BCUT2D eigenvalue weighted by molar-refractivity contribution is 0.217. The molecule has 1 aliphatic heterocycles. The quantitative estimate of drug-likeness (QED) is 0.618. The summed E-state index contributed by atoms with van der Waals surface area (Å²) in [6.45, 7) is 2.83. The van der Waals surface area contributed by atoms with Crippen molar-refractivity contribution in [2.24, 2.45) is 0 Å². The number of nitrogens with zero attached hydrogens (tertiary/aromatic N) is 2. The van der Waals surface area contributed by atoms with E-state index in [-0.39, 0.29) is 6.04 Å². The highest BCUT2D eigenvalue weighted by molar-refractivity contribution is 5.46. The van der Waals surface area contributed by atoms with Crippen molar-refractivity contribution in [3.63, 3.8) is 0 Å². The van der Waals surface area contributed by atoms with Crippen LogP contribution in [0.15, 0.2) is 60.8 Å². The average Bonchev–Trinajstić information content (AvgIpc) is 3.15. The maximum absolute atomic E-state index is 5.61. The van der Waals surface area contributed by atoms with Crippen molar-refractivity contribution < 1.29 is 14.2 Å². The highest BCUT2D eigenvalue weighted by Crippen LogP contribution is 2.38. The van der Waals surface area contributed by atoms with Crippen LogP contribution in [0.3, 0.4) is 0 Å². The number of methoxy groups -OCH3 is 3. The summed E-state index contributed by atoms with van der Waals surface area (Å²) >= 11 is 0. The fraction of sp³-hybridized carbons (Fsp3) is 0.333. The summed E-state index contributed by atoms with van der Waals surface area (Å²) in [5.41, 5.74) is 3.68. The SMILES string of the molecule is COc1ccccc1CN1CCCn2cccc2C1c1ccc(OC)c(OC)c1. The fourth-order valence-corrected chi connectivity index (χ4v) is 4.27. The number of aromatic nitrogens is 1. The van der Waals surface area contributed by atoms with Crippen molar-refractivity contribution in [1.29, 1.82) is 0 Å². The van der Waals surface area contributed by atoms with Crippen LogP contribution in [0.25, 0.3) is 0 Å². The zero-order chi connectivity index (χ0) is 20.2. The monoisotopic (exact) mass is 392 g/mol. The first-order valence-corrected chi connectivity index (χ1v) is 9.98. The highest BCUT2D eigenvalue weighted by Gasteiger charge is 2.28. The van der Waals surface area contributed by atoms with Crippen LogP contribution in [0.5, 0.6) is 17.2 Å². The van der Waals surface area contributed by atoms with Gasteiger partial charge >= 0.3 is 0 Å². The molecule has 2 heterocycles. The first kappa shape index (κ1) is 19.4. The lowest BCUT2D eigenvalue weighted by Gasteiger charge is -2.31. The fourth-order valence-electron chi connectivity index (χ4n) is 4.27. The minimum absolute atomic E-state index is 0.122. The number of hydrogen-bond donors (Lipinski definition) is 0. The molecule has 0 saturated carbocycles. The van der Waals surface area contributed by atoms with E-state index < -0.39 is 0 Å². The number of fused-ring (bicyclic) bond motifs is 1. The number of para-hydroxylation sites is 1. The number of benzene rings is 2. The molecule has 0 radical (unpaired) electrons. The van der Waals surface area contributed by atoms with E-state index in [1.807, 2.05) is 18.2 Å². The molecule has 0 N–H and O–H groups in total. The normalized spacial score (nSPS) is 16.7. The Morgan fingerprint density at radius 3 is 2.41 bits per heavy atom. The first-order chi connectivity index (χ1) is 14.2. The Hall–Kier alpha value is -2.92. The van der Waals surface area contributed by atoms with Gasteiger partial charge in [-0.15, -0.1) is 0 Å². The molecule has 5 nitrogen and oxygen atoms in total. The third kappa shape index (κ3) is 3.83. The van der Waals surface area contributed by atoms with E-state index in [4.69, 9.17) is 14.2 Å². The molecule has 1 atom stereocenters. The summed E-state index contributed by atoms with van der Waals surface area (Å²) in [4.78, 5) is 2.53. The number of aryl methyl sites for hydroxylation is 1. The summed E-state index contributed by atoms with van der Waals surface area (Å²) in [6, 6.07) is 19.0. The van der Waals surface area contributed by atoms with Crippen LogP contribution in [0.4, 0.5) is 0 Å². The zero-order valence-corrected chi connectivity index (χ0v) is 17.3. The van der Waals surface area contributed by atoms with Gasteiger partial charge in [0.2, 0.25) is 0 Å². The molecule has 0 amide bonds. The van der Waals surface area contributed by atoms with Gasteiger partial charge in [0.25, 0.3) is 0 Å². The second kappa shape index (κ2) is 8.62. The van der Waals surface area contributed by atoms with Gasteiger partial charge in [-0.25, -0.2) is 0 Å². The highest BCUT2D eigenvalue weighted by atomic mass is 16.5. The van der Waals surface area contributed by atoms with Gasteiger partial charge in [0.15, 0.2) is 11.5 Å². The lowest BCUT2D eigenvalue weighted by Crippen LogP contribution is -2.29. The third-order valence-electron chi connectivity index (χ3n) is 5.64. The summed E-state index contributed by atoms with van der Waals surface area (Å²) in [5, 5.41) is 0. The molecule has 4 rings (SSSR count). The standard InChI is InChI=1S/C24H28N2O3/c1-27-21-10-5-4-8-19(21)17-26-15-7-14-25-13-6-9-20(25)24(26)18-11-12-22(28-2)23(16-18)29-3/h4-6,8-13,16,24H,7,14-15,17H2,1-3H3. The molecule has 0 spiro atoms. The molecule has 1 aliphatic rings. The predicted molar refractivity (Wildman–Crippen MR) is 114 cm³/mol. The summed E-state index contributed by atoms with van der Waals surface area (Å²) in [5.74, 6) is 2.43. The Morgan fingerprint density at radius 2 is 1.62 bits per heavy atom. The molecule has 0 bridgehead atoms. The molecule has 5 heteroatoms. The molecule has 0 fully saturated rings. The molecule has 29 heavy (non-hydrogen) atoms. The topological polar surface area (TPSA) is 35.9 Å². The second-order valence-corrected chi connectivity index (χ2v) is 7.28. The minimum Gasteiger partial charge on any atom is -0.496 e. The van der Waals surface area contributed by atoms with Crippen molar-refractivity contribution >= 4 is 0 Å². The van der Waals surface area contributed by atoms with E-state index in [1.54, 1.807) is 21.3 Å². The maximum Gasteiger partial charge on any atom is 0.161 e. The van der Waals surface area contributed by atoms with Gasteiger partial charge in [-0.1, -0.05) is 24.3 Å². The van der Waals surface area contributed by atoms with Crippen LogP contribution in [0.1, 0.15) is 29.3 Å². The Labute approximate surface area is 172 Å². The Balaban J connectivity index is 1.77. The van der Waals surface area contributed by atoms with Crippen molar-refractivity contribution in [2.45, 2.75) is 25.6 Å². The smallest absolute Gasteiger partial charge is 0.161 e. The van der Waals surface area contributed by atoms with Gasteiger partial charge in [0.1, 0.15) is 5.75 Å². The average molecular weight is 392 g/mol. The molecular weight excluding hydrogens is 364 g/mol. The molecule has 0 aliphatic carbocycles. The first-order valence-electron chi connectivity index (χ1n) is 9.98. The summed E-state index contributed by atoms with van der Waals surface area (Å²) < 4.78 is 19.0. The van der Waals surface area contributed by atoms with Crippen LogP contribution in [0, 0.1) is 0 Å². The van der Waals surface area contributed by atoms with Gasteiger partial charge in [-0.05, 0) is 42.3 Å². The Morgan fingerprint density at radius 1 is 0.828 bits per heavy atom. The van der Waals surface area contributed by atoms with Crippen LogP contribution in [-0.4, -0.2) is 37.3 Å². The lowest BCUT2D eigenvalue weighted by atomic mass is 10.00. The van der Waals surface area contributed by atoms with E-state index in [2.05, 4.69) is 52.1 Å². The zero-order valence-electron chi connectivity index (χ0n) is 17.3. The van der Waals surface area contributed by atoms with Gasteiger partial charge in [0.05, 0.1) is 27.4 Å². The molecule has 152 valence electrons. The molecule has 0 saturated heterocycles. The van der Waals surface area contributed by atoms with Crippen molar-refractivity contribution in [2.75, 3.05) is 27.9 Å². The number of ether oxygens (including phenoxy) is 3. The van der Waals surface area contributed by atoms with Crippen molar-refractivity contribution in [3.05, 3.63) is 77.6 Å². The van der Waals surface area contributed by atoms with Gasteiger partial charge in [-0.3, -0.25) is 4.90 Å². The minimum atomic E-state index is 0.122. The van der Waals surface area contributed by atoms with E-state index in [0.29, 0.717) is 0 Å². The number of hydrogen-bond acceptors (Lipinski definition) is 4. The van der Waals surface area contributed by atoms with Crippen LogP contribution in [-0.2, 0) is 13.1 Å². The molecular formula is C24H28N2O3. The summed E-state index contributed by atoms with van der Waals surface area (Å²) in [7, 11) is 5.09. The van der Waals surface area contributed by atoms with Gasteiger partial charge in [0, 0.05) is 37.1 Å². The van der Waals surface area contributed by atoms with E-state index in [9.17, 15) is 0 Å².